The molecule has 0 spiro atoms. The normalized spacial score (nSPS) is 23.3. The van der Waals surface area contributed by atoms with Crippen LogP contribution < -0.4 is 10.1 Å². The van der Waals surface area contributed by atoms with Crippen LogP contribution in [0.4, 0.5) is 0 Å². The number of piperazine rings is 1. The molecule has 0 amide bonds. The van der Waals surface area contributed by atoms with E-state index in [0.29, 0.717) is 6.04 Å². The fourth-order valence-corrected chi connectivity index (χ4v) is 2.83. The van der Waals surface area contributed by atoms with Crippen molar-refractivity contribution in [2.75, 3.05) is 20.2 Å². The van der Waals surface area contributed by atoms with Gasteiger partial charge in [-0.1, -0.05) is 15.9 Å². The Morgan fingerprint density at radius 2 is 2.21 bits per heavy atom. The van der Waals surface area contributed by atoms with Crippen LogP contribution in [0.15, 0.2) is 22.7 Å². The number of hydrogen-bond acceptors (Lipinski definition) is 3. The molecule has 1 heterocycles. The van der Waals surface area contributed by atoms with Gasteiger partial charge in [0.15, 0.2) is 0 Å². The molecule has 1 aliphatic heterocycles. The number of halogens is 1. The van der Waals surface area contributed by atoms with Crippen molar-refractivity contribution >= 4 is 15.9 Å². The summed E-state index contributed by atoms with van der Waals surface area (Å²) in [6.07, 6.45) is 0. The van der Waals surface area contributed by atoms with Crippen molar-refractivity contribution in [3.63, 3.8) is 0 Å². The van der Waals surface area contributed by atoms with E-state index in [9.17, 15) is 0 Å². The van der Waals surface area contributed by atoms with Crippen molar-refractivity contribution in [3.05, 3.63) is 28.2 Å². The highest BCUT2D eigenvalue weighted by atomic mass is 79.9. The van der Waals surface area contributed by atoms with Gasteiger partial charge in [-0.2, -0.15) is 0 Å². The third-order valence-corrected chi connectivity index (χ3v) is 4.62. The van der Waals surface area contributed by atoms with E-state index in [2.05, 4.69) is 59.1 Å². The van der Waals surface area contributed by atoms with Crippen molar-refractivity contribution in [1.82, 2.24) is 10.2 Å². The van der Waals surface area contributed by atoms with Crippen LogP contribution in [0.2, 0.25) is 0 Å². The van der Waals surface area contributed by atoms with Gasteiger partial charge >= 0.3 is 0 Å². The standard InChI is InChI=1S/C15H23BrN2O/c1-11-8-18(15(2,3)10-17-11)9-12-7-13(19-4)5-6-14(12)16/h5-7,11,17H,8-10H2,1-4H3. The van der Waals surface area contributed by atoms with Gasteiger partial charge in [0.1, 0.15) is 5.75 Å². The highest BCUT2D eigenvalue weighted by molar-refractivity contribution is 9.10. The number of hydrogen-bond donors (Lipinski definition) is 1. The van der Waals surface area contributed by atoms with Crippen LogP contribution in [-0.4, -0.2) is 36.7 Å². The van der Waals surface area contributed by atoms with Crippen LogP contribution >= 0.6 is 15.9 Å². The fraction of sp³-hybridized carbons (Fsp3) is 0.600. The summed E-state index contributed by atoms with van der Waals surface area (Å²) in [7, 11) is 1.71. The molecule has 1 unspecified atom stereocenters. The molecular weight excluding hydrogens is 304 g/mol. The van der Waals surface area contributed by atoms with Crippen LogP contribution in [0.3, 0.4) is 0 Å². The summed E-state index contributed by atoms with van der Waals surface area (Å²) in [5.41, 5.74) is 1.45. The first-order valence-corrected chi connectivity index (χ1v) is 7.52. The minimum absolute atomic E-state index is 0.176. The summed E-state index contributed by atoms with van der Waals surface area (Å²) >= 11 is 3.64. The lowest BCUT2D eigenvalue weighted by Gasteiger charge is -2.45. The van der Waals surface area contributed by atoms with Crippen molar-refractivity contribution in [3.8, 4) is 5.75 Å². The van der Waals surface area contributed by atoms with Crippen LogP contribution in [0.25, 0.3) is 0 Å². The maximum absolute atomic E-state index is 5.32. The zero-order valence-electron chi connectivity index (χ0n) is 12.2. The van der Waals surface area contributed by atoms with Gasteiger partial charge in [0, 0.05) is 35.7 Å². The summed E-state index contributed by atoms with van der Waals surface area (Å²) in [4.78, 5) is 2.54. The maximum Gasteiger partial charge on any atom is 0.119 e. The minimum Gasteiger partial charge on any atom is -0.497 e. The van der Waals surface area contributed by atoms with Crippen molar-refractivity contribution in [2.45, 2.75) is 38.9 Å². The lowest BCUT2D eigenvalue weighted by molar-refractivity contribution is 0.0624. The number of nitrogens with zero attached hydrogens (tertiary/aromatic N) is 1. The van der Waals surface area contributed by atoms with Gasteiger partial charge in [-0.3, -0.25) is 4.90 Å². The molecule has 0 radical (unpaired) electrons. The molecule has 1 fully saturated rings. The summed E-state index contributed by atoms with van der Waals surface area (Å²) in [5, 5.41) is 3.55. The molecule has 1 saturated heterocycles. The molecule has 0 bridgehead atoms. The number of ether oxygens (including phenoxy) is 1. The van der Waals surface area contributed by atoms with E-state index in [4.69, 9.17) is 4.74 Å². The smallest absolute Gasteiger partial charge is 0.119 e. The SMILES string of the molecule is COc1ccc(Br)c(CN2CC(C)NCC2(C)C)c1. The minimum atomic E-state index is 0.176. The zero-order valence-corrected chi connectivity index (χ0v) is 13.8. The van der Waals surface area contributed by atoms with Gasteiger partial charge in [-0.25, -0.2) is 0 Å². The molecule has 0 aromatic heterocycles. The predicted molar refractivity (Wildman–Crippen MR) is 82.6 cm³/mol. The Balaban J connectivity index is 2.19. The van der Waals surface area contributed by atoms with Gasteiger partial charge in [0.2, 0.25) is 0 Å². The molecule has 1 N–H and O–H groups in total. The Kier molecular flexibility index (Phi) is 4.54. The second-order valence-corrected chi connectivity index (χ2v) is 6.79. The van der Waals surface area contributed by atoms with Gasteiger partial charge in [-0.05, 0) is 44.5 Å². The average molecular weight is 327 g/mol. The molecule has 1 aliphatic rings. The lowest BCUT2D eigenvalue weighted by atomic mass is 9.97. The quantitative estimate of drug-likeness (QED) is 0.924. The Hall–Kier alpha value is -0.580. The third kappa shape index (κ3) is 3.50. The molecule has 106 valence electrons. The van der Waals surface area contributed by atoms with Gasteiger partial charge in [0.05, 0.1) is 7.11 Å². The number of methoxy groups -OCH3 is 1. The Morgan fingerprint density at radius 1 is 1.47 bits per heavy atom. The summed E-state index contributed by atoms with van der Waals surface area (Å²) in [6, 6.07) is 6.70. The van der Waals surface area contributed by atoms with Crippen molar-refractivity contribution in [1.29, 1.82) is 0 Å². The zero-order chi connectivity index (χ0) is 14.0. The summed E-state index contributed by atoms with van der Waals surface area (Å²) < 4.78 is 6.47. The van der Waals surface area contributed by atoms with Crippen LogP contribution in [0.1, 0.15) is 26.3 Å². The number of nitrogens with one attached hydrogen (secondary N) is 1. The predicted octanol–water partition coefficient (Wildman–Crippen LogP) is 3.03. The lowest BCUT2D eigenvalue weighted by Crippen LogP contribution is -2.60. The van der Waals surface area contributed by atoms with E-state index in [1.54, 1.807) is 7.11 Å². The molecule has 19 heavy (non-hydrogen) atoms. The van der Waals surface area contributed by atoms with E-state index in [-0.39, 0.29) is 5.54 Å². The highest BCUT2D eigenvalue weighted by Gasteiger charge is 2.32. The summed E-state index contributed by atoms with van der Waals surface area (Å²) in [6.45, 7) is 9.85. The van der Waals surface area contributed by atoms with E-state index in [0.717, 1.165) is 29.9 Å². The molecule has 4 heteroatoms. The number of benzene rings is 1. The molecule has 0 aliphatic carbocycles. The first-order valence-electron chi connectivity index (χ1n) is 6.73. The van der Waals surface area contributed by atoms with Gasteiger partial charge in [-0.15, -0.1) is 0 Å². The monoisotopic (exact) mass is 326 g/mol. The topological polar surface area (TPSA) is 24.5 Å². The van der Waals surface area contributed by atoms with Crippen LogP contribution in [0, 0.1) is 0 Å². The second kappa shape index (κ2) is 5.81. The highest BCUT2D eigenvalue weighted by Crippen LogP contribution is 2.27. The van der Waals surface area contributed by atoms with Crippen LogP contribution in [-0.2, 0) is 6.54 Å². The largest absolute Gasteiger partial charge is 0.497 e. The first-order chi connectivity index (χ1) is 8.92. The van der Waals surface area contributed by atoms with Crippen molar-refractivity contribution < 1.29 is 4.74 Å². The molecular formula is C15H23BrN2O. The molecule has 1 aromatic carbocycles. The summed E-state index contributed by atoms with van der Waals surface area (Å²) in [5.74, 6) is 0.916. The molecule has 3 nitrogen and oxygen atoms in total. The maximum atomic E-state index is 5.32. The van der Waals surface area contributed by atoms with Crippen molar-refractivity contribution in [2.24, 2.45) is 0 Å². The number of rotatable bonds is 3. The Morgan fingerprint density at radius 3 is 2.89 bits per heavy atom. The molecule has 0 saturated carbocycles. The Labute approximate surface area is 124 Å². The van der Waals surface area contributed by atoms with Gasteiger partial charge in [0.25, 0.3) is 0 Å². The van der Waals surface area contributed by atoms with E-state index >= 15 is 0 Å². The van der Waals surface area contributed by atoms with Crippen LogP contribution in [0.5, 0.6) is 5.75 Å². The fourth-order valence-electron chi connectivity index (χ4n) is 2.46. The van der Waals surface area contributed by atoms with E-state index < -0.39 is 0 Å². The molecule has 1 aromatic rings. The van der Waals surface area contributed by atoms with Gasteiger partial charge < -0.3 is 10.1 Å². The van der Waals surface area contributed by atoms with E-state index in [1.165, 1.54) is 5.56 Å². The first kappa shape index (κ1) is 14.8. The molecule has 2 rings (SSSR count). The van der Waals surface area contributed by atoms with E-state index in [1.807, 2.05) is 6.07 Å². The average Bonchev–Trinajstić information content (AvgIpc) is 2.37. The third-order valence-electron chi connectivity index (χ3n) is 3.85. The Bertz CT molecular complexity index is 448. The molecule has 1 atom stereocenters. The second-order valence-electron chi connectivity index (χ2n) is 5.93.